The van der Waals surface area contributed by atoms with E-state index >= 15 is 0 Å². The molecule has 0 saturated carbocycles. The van der Waals surface area contributed by atoms with Crippen LogP contribution in [0.4, 0.5) is 11.4 Å². The van der Waals surface area contributed by atoms with Crippen molar-refractivity contribution >= 4 is 38.6 Å². The predicted octanol–water partition coefficient (Wildman–Crippen LogP) is 4.22. The van der Waals surface area contributed by atoms with Crippen LogP contribution in [0.2, 0.25) is 0 Å². The van der Waals surface area contributed by atoms with Gasteiger partial charge < -0.3 is 10.1 Å². The van der Waals surface area contributed by atoms with E-state index in [0.29, 0.717) is 17.2 Å². The van der Waals surface area contributed by atoms with Crippen LogP contribution in [0.5, 0.6) is 11.5 Å². The summed E-state index contributed by atoms with van der Waals surface area (Å²) in [5.74, 6) is 0.542. The molecule has 26 heavy (non-hydrogen) atoms. The van der Waals surface area contributed by atoms with Crippen molar-refractivity contribution in [3.05, 3.63) is 65.0 Å². The van der Waals surface area contributed by atoms with Gasteiger partial charge in [-0.05, 0) is 54.3 Å². The third-order valence-corrected chi connectivity index (χ3v) is 6.62. The number of aryl methyl sites for hydroxylation is 1. The van der Waals surface area contributed by atoms with E-state index in [1.807, 2.05) is 19.1 Å². The summed E-state index contributed by atoms with van der Waals surface area (Å²) in [7, 11) is -3.69. The molecule has 0 fully saturated rings. The lowest BCUT2D eigenvalue weighted by molar-refractivity contribution is 0.102. The van der Waals surface area contributed by atoms with E-state index in [2.05, 4.69) is 10.0 Å². The Morgan fingerprint density at radius 2 is 1.88 bits per heavy atom. The number of carbonyl (C=O) groups excluding carboxylic acids is 1. The zero-order chi connectivity index (χ0) is 18.3. The van der Waals surface area contributed by atoms with E-state index in [1.54, 1.807) is 29.6 Å². The van der Waals surface area contributed by atoms with Gasteiger partial charge in [-0.15, -0.1) is 11.3 Å². The number of ether oxygens (including phenoxy) is 1. The largest absolute Gasteiger partial charge is 0.454 e. The summed E-state index contributed by atoms with van der Waals surface area (Å²) in [6.45, 7) is 1.92. The Kier molecular flexibility index (Phi) is 3.93. The average molecular weight is 386 g/mol. The minimum atomic E-state index is -3.69. The van der Waals surface area contributed by atoms with E-state index in [-0.39, 0.29) is 21.4 Å². The number of anilines is 2. The molecule has 1 aromatic heterocycles. The molecule has 0 aliphatic carbocycles. The minimum Gasteiger partial charge on any atom is -0.454 e. The highest BCUT2D eigenvalue weighted by atomic mass is 32.2. The molecule has 4 rings (SSSR count). The number of fused-ring (bicyclic) bond motifs is 2. The third kappa shape index (κ3) is 3.04. The Balaban J connectivity index is 1.69. The van der Waals surface area contributed by atoms with Crippen molar-refractivity contribution in [2.24, 2.45) is 0 Å². The number of amides is 1. The normalized spacial score (nSPS) is 13.0. The van der Waals surface area contributed by atoms with Gasteiger partial charge >= 0.3 is 0 Å². The maximum atomic E-state index is 12.6. The van der Waals surface area contributed by atoms with Crippen molar-refractivity contribution in [1.82, 2.24) is 0 Å². The van der Waals surface area contributed by atoms with E-state index in [1.165, 1.54) is 12.1 Å². The third-order valence-electron chi connectivity index (χ3n) is 3.84. The molecule has 3 aromatic rings. The molecule has 1 aliphatic heterocycles. The number of hydrogen-bond donors (Lipinski definition) is 2. The second-order valence-electron chi connectivity index (χ2n) is 5.80. The highest BCUT2D eigenvalue weighted by Crippen LogP contribution is 2.37. The smallest absolute Gasteiger partial charge is 0.271 e. The van der Waals surface area contributed by atoms with Crippen LogP contribution in [0, 0.1) is 6.92 Å². The summed E-state index contributed by atoms with van der Waals surface area (Å²) >= 11 is 1.12. The molecule has 1 aliphatic rings. The first-order valence-electron chi connectivity index (χ1n) is 7.73. The van der Waals surface area contributed by atoms with Crippen LogP contribution in [0.15, 0.2) is 58.1 Å². The fraction of sp³-hybridized carbons (Fsp3) is 0.0556. The molecule has 0 atom stereocenters. The van der Waals surface area contributed by atoms with Crippen molar-refractivity contribution in [2.75, 3.05) is 10.0 Å². The fourth-order valence-electron chi connectivity index (χ4n) is 2.62. The van der Waals surface area contributed by atoms with Crippen LogP contribution in [-0.2, 0) is 10.0 Å². The average Bonchev–Trinajstić information content (AvgIpc) is 3.09. The minimum absolute atomic E-state index is 0.205. The number of carbonyl (C=O) groups is 1. The molecule has 0 bridgehead atoms. The molecule has 0 saturated heterocycles. The number of nitrogens with one attached hydrogen (secondary N) is 2. The highest BCUT2D eigenvalue weighted by Gasteiger charge is 2.23. The monoisotopic (exact) mass is 386 g/mol. The van der Waals surface area contributed by atoms with Crippen molar-refractivity contribution in [1.29, 1.82) is 0 Å². The zero-order valence-corrected chi connectivity index (χ0v) is 15.3. The van der Waals surface area contributed by atoms with Gasteiger partial charge in [-0.1, -0.05) is 12.1 Å². The van der Waals surface area contributed by atoms with Gasteiger partial charge in [-0.2, -0.15) is 0 Å². The SMILES string of the molecule is Cc1ccc2c(c1)NC(=O)c1cc(NS(=O)(=O)c3cccs3)ccc1O2. The van der Waals surface area contributed by atoms with Gasteiger partial charge in [0, 0.05) is 5.69 Å². The molecule has 2 N–H and O–H groups in total. The summed E-state index contributed by atoms with van der Waals surface area (Å²) in [6.07, 6.45) is 0. The van der Waals surface area contributed by atoms with Crippen LogP contribution in [-0.4, -0.2) is 14.3 Å². The molecule has 132 valence electrons. The summed E-state index contributed by atoms with van der Waals surface area (Å²) in [5.41, 5.74) is 2.11. The van der Waals surface area contributed by atoms with Gasteiger partial charge in [0.1, 0.15) is 9.96 Å². The van der Waals surface area contributed by atoms with Crippen LogP contribution in [0.3, 0.4) is 0 Å². The maximum absolute atomic E-state index is 12.6. The number of sulfonamides is 1. The van der Waals surface area contributed by atoms with E-state index in [9.17, 15) is 13.2 Å². The Hall–Kier alpha value is -2.84. The summed E-state index contributed by atoms with van der Waals surface area (Å²) in [5, 5.41) is 4.48. The van der Waals surface area contributed by atoms with Crippen molar-refractivity contribution in [2.45, 2.75) is 11.1 Å². The number of thiophene rings is 1. The van der Waals surface area contributed by atoms with Crippen LogP contribution < -0.4 is 14.8 Å². The Morgan fingerprint density at radius 1 is 1.08 bits per heavy atom. The van der Waals surface area contributed by atoms with Crippen LogP contribution in [0.25, 0.3) is 0 Å². The number of rotatable bonds is 3. The first-order valence-corrected chi connectivity index (χ1v) is 10.1. The molecule has 2 aromatic carbocycles. The molecule has 8 heteroatoms. The second kappa shape index (κ2) is 6.15. The van der Waals surface area contributed by atoms with Gasteiger partial charge in [0.15, 0.2) is 5.75 Å². The Bertz CT molecular complexity index is 1110. The summed E-state index contributed by atoms with van der Waals surface area (Å²) in [6, 6.07) is 13.3. The highest BCUT2D eigenvalue weighted by molar-refractivity contribution is 7.94. The number of hydrogen-bond acceptors (Lipinski definition) is 5. The van der Waals surface area contributed by atoms with Crippen molar-refractivity contribution < 1.29 is 17.9 Å². The van der Waals surface area contributed by atoms with Gasteiger partial charge in [0.2, 0.25) is 0 Å². The number of benzene rings is 2. The lowest BCUT2D eigenvalue weighted by Gasteiger charge is -2.10. The first-order chi connectivity index (χ1) is 12.4. The van der Waals surface area contributed by atoms with E-state index < -0.39 is 10.0 Å². The second-order valence-corrected chi connectivity index (χ2v) is 8.66. The topological polar surface area (TPSA) is 84.5 Å². The molecule has 6 nitrogen and oxygen atoms in total. The standard InChI is InChI=1S/C18H14N2O4S2/c1-11-4-6-16-14(9-11)19-18(21)13-10-12(5-7-15(13)24-16)20-26(22,23)17-3-2-8-25-17/h2-10,20H,1H3,(H,19,21). The Labute approximate surface area is 154 Å². The predicted molar refractivity (Wildman–Crippen MR) is 101 cm³/mol. The quantitative estimate of drug-likeness (QED) is 0.706. The van der Waals surface area contributed by atoms with Crippen molar-refractivity contribution in [3.63, 3.8) is 0 Å². The zero-order valence-electron chi connectivity index (χ0n) is 13.6. The van der Waals surface area contributed by atoms with Crippen LogP contribution >= 0.6 is 11.3 Å². The molecule has 2 heterocycles. The molecular weight excluding hydrogens is 372 g/mol. The Morgan fingerprint density at radius 3 is 2.65 bits per heavy atom. The van der Waals surface area contributed by atoms with E-state index in [4.69, 9.17) is 4.74 Å². The molecule has 0 unspecified atom stereocenters. The maximum Gasteiger partial charge on any atom is 0.271 e. The van der Waals surface area contributed by atoms with Gasteiger partial charge in [-0.3, -0.25) is 9.52 Å². The van der Waals surface area contributed by atoms with Gasteiger partial charge in [-0.25, -0.2) is 8.42 Å². The first kappa shape index (κ1) is 16.6. The molecule has 1 amide bonds. The van der Waals surface area contributed by atoms with E-state index in [0.717, 1.165) is 16.9 Å². The van der Waals surface area contributed by atoms with Crippen LogP contribution in [0.1, 0.15) is 15.9 Å². The molecule has 0 spiro atoms. The lowest BCUT2D eigenvalue weighted by atomic mass is 10.1. The molecular formula is C18H14N2O4S2. The van der Waals surface area contributed by atoms with Gasteiger partial charge in [0.25, 0.3) is 15.9 Å². The summed E-state index contributed by atoms with van der Waals surface area (Å²) < 4.78 is 33.2. The lowest BCUT2D eigenvalue weighted by Crippen LogP contribution is -2.14. The molecule has 0 radical (unpaired) electrons. The summed E-state index contributed by atoms with van der Waals surface area (Å²) in [4.78, 5) is 12.6. The fourth-order valence-corrected chi connectivity index (χ4v) is 4.66. The van der Waals surface area contributed by atoms with Crippen molar-refractivity contribution in [3.8, 4) is 11.5 Å². The van der Waals surface area contributed by atoms with Gasteiger partial charge in [0.05, 0.1) is 11.3 Å².